The molecule has 1 N–H and O–H groups in total. The largest absolute Gasteiger partial charge is 0.382 e. The van der Waals surface area contributed by atoms with Crippen molar-refractivity contribution in [2.24, 2.45) is 0 Å². The van der Waals surface area contributed by atoms with Crippen LogP contribution in [-0.4, -0.2) is 78.9 Å². The van der Waals surface area contributed by atoms with Crippen molar-refractivity contribution in [3.63, 3.8) is 0 Å². The molecule has 2 aliphatic rings. The minimum absolute atomic E-state index is 0.237. The molecule has 0 unspecified atom stereocenters. The number of ketones is 1. The molecule has 2 heterocycles. The molecule has 0 radical (unpaired) electrons. The van der Waals surface area contributed by atoms with Crippen LogP contribution in [0.3, 0.4) is 0 Å². The van der Waals surface area contributed by atoms with Crippen LogP contribution in [-0.2, 0) is 22.6 Å². The second kappa shape index (κ2) is 8.59. The van der Waals surface area contributed by atoms with Crippen LogP contribution in [0.2, 0.25) is 0 Å². The number of rotatable bonds is 6. The molecule has 0 spiro atoms. The molecular formula is C20H30N2O4. The monoisotopic (exact) mass is 362 g/mol. The molecule has 26 heavy (non-hydrogen) atoms. The van der Waals surface area contributed by atoms with E-state index in [1.807, 2.05) is 18.2 Å². The van der Waals surface area contributed by atoms with E-state index in [0.717, 1.165) is 71.3 Å². The van der Waals surface area contributed by atoms with E-state index in [0.29, 0.717) is 5.56 Å². The van der Waals surface area contributed by atoms with Crippen molar-refractivity contribution in [2.45, 2.75) is 32.5 Å². The number of morpholine rings is 2. The Morgan fingerprint density at radius 3 is 1.96 bits per heavy atom. The van der Waals surface area contributed by atoms with Gasteiger partial charge in [-0.15, -0.1) is 0 Å². The second-order valence-corrected chi connectivity index (χ2v) is 7.65. The Morgan fingerprint density at radius 1 is 0.962 bits per heavy atom. The molecule has 0 aliphatic carbocycles. The van der Waals surface area contributed by atoms with Gasteiger partial charge in [0.25, 0.3) is 0 Å². The summed E-state index contributed by atoms with van der Waals surface area (Å²) < 4.78 is 10.9. The number of aliphatic hydroxyl groups is 1. The average Bonchev–Trinajstić information content (AvgIpc) is 2.63. The molecule has 6 heteroatoms. The zero-order valence-electron chi connectivity index (χ0n) is 15.9. The Morgan fingerprint density at radius 2 is 1.46 bits per heavy atom. The smallest absolute Gasteiger partial charge is 0.193 e. The Labute approximate surface area is 155 Å². The molecule has 1 aromatic rings. The van der Waals surface area contributed by atoms with Crippen molar-refractivity contribution >= 4 is 5.78 Å². The van der Waals surface area contributed by atoms with Gasteiger partial charge in [0, 0.05) is 44.8 Å². The summed E-state index contributed by atoms with van der Waals surface area (Å²) in [5, 5.41) is 10.1. The first kappa shape index (κ1) is 19.5. The Balaban J connectivity index is 1.82. The highest BCUT2D eigenvalue weighted by molar-refractivity contribution is 6.01. The summed E-state index contributed by atoms with van der Waals surface area (Å²) in [6, 6.07) is 5.86. The number of nitrogens with zero attached hydrogens (tertiary/aromatic N) is 2. The van der Waals surface area contributed by atoms with Gasteiger partial charge in [-0.2, -0.15) is 0 Å². The zero-order chi connectivity index (χ0) is 18.6. The molecule has 0 atom stereocenters. The van der Waals surface area contributed by atoms with Gasteiger partial charge in [-0.05, 0) is 31.0 Å². The summed E-state index contributed by atoms with van der Waals surface area (Å²) in [7, 11) is 0. The molecule has 2 fully saturated rings. The Hall–Kier alpha value is -1.31. The fourth-order valence-electron chi connectivity index (χ4n) is 3.42. The maximum absolute atomic E-state index is 12.5. The fraction of sp³-hybridized carbons (Fsp3) is 0.650. The van der Waals surface area contributed by atoms with Crippen molar-refractivity contribution < 1.29 is 19.4 Å². The van der Waals surface area contributed by atoms with Crippen molar-refractivity contribution in [1.82, 2.24) is 9.80 Å². The van der Waals surface area contributed by atoms with Gasteiger partial charge in [-0.25, -0.2) is 0 Å². The van der Waals surface area contributed by atoms with Gasteiger partial charge in [0.15, 0.2) is 5.78 Å². The van der Waals surface area contributed by atoms with E-state index >= 15 is 0 Å². The predicted octanol–water partition coefficient (Wildman–Crippen LogP) is 1.30. The highest BCUT2D eigenvalue weighted by Gasteiger charge is 2.26. The molecule has 144 valence electrons. The number of ether oxygens (including phenoxy) is 2. The third kappa shape index (κ3) is 5.11. The Bertz CT molecular complexity index is 615. The van der Waals surface area contributed by atoms with E-state index in [1.165, 1.54) is 5.56 Å². The van der Waals surface area contributed by atoms with Crippen LogP contribution in [0.1, 0.15) is 35.3 Å². The average molecular weight is 362 g/mol. The van der Waals surface area contributed by atoms with Gasteiger partial charge in [-0.3, -0.25) is 14.6 Å². The fourth-order valence-corrected chi connectivity index (χ4v) is 3.42. The highest BCUT2D eigenvalue weighted by atomic mass is 16.5. The van der Waals surface area contributed by atoms with E-state index < -0.39 is 5.60 Å². The van der Waals surface area contributed by atoms with E-state index in [9.17, 15) is 9.90 Å². The molecule has 6 nitrogen and oxygen atoms in total. The van der Waals surface area contributed by atoms with E-state index in [2.05, 4.69) is 9.80 Å². The number of hydrogen-bond acceptors (Lipinski definition) is 6. The number of carbonyl (C=O) groups is 1. The standard InChI is InChI=1S/C20H30N2O4/c1-20(2,24)19(23)16-3-4-17(14-21-5-9-25-10-6-21)18(13-16)15-22-7-11-26-12-8-22/h3-4,13,24H,5-12,14-15H2,1-2H3. The molecule has 0 amide bonds. The number of hydrogen-bond donors (Lipinski definition) is 1. The first-order valence-corrected chi connectivity index (χ1v) is 9.42. The summed E-state index contributed by atoms with van der Waals surface area (Å²) in [5.41, 5.74) is 1.62. The minimum Gasteiger partial charge on any atom is -0.382 e. The van der Waals surface area contributed by atoms with E-state index in [4.69, 9.17) is 9.47 Å². The molecule has 2 saturated heterocycles. The van der Waals surface area contributed by atoms with Gasteiger partial charge < -0.3 is 14.6 Å². The summed E-state index contributed by atoms with van der Waals surface area (Å²) in [6.45, 7) is 11.5. The lowest BCUT2D eigenvalue weighted by molar-refractivity contribution is 0.0309. The lowest BCUT2D eigenvalue weighted by Gasteiger charge is -2.30. The molecule has 0 saturated carbocycles. The van der Waals surface area contributed by atoms with Crippen LogP contribution in [0.5, 0.6) is 0 Å². The van der Waals surface area contributed by atoms with Crippen molar-refractivity contribution in [2.75, 3.05) is 52.6 Å². The third-order valence-corrected chi connectivity index (χ3v) is 5.02. The summed E-state index contributed by atoms with van der Waals surface area (Å²) in [5.74, 6) is -0.237. The molecular weight excluding hydrogens is 332 g/mol. The Kier molecular flexibility index (Phi) is 6.42. The van der Waals surface area contributed by atoms with Gasteiger partial charge in [0.1, 0.15) is 5.60 Å². The predicted molar refractivity (Wildman–Crippen MR) is 99.3 cm³/mol. The molecule has 1 aromatic carbocycles. The summed E-state index contributed by atoms with van der Waals surface area (Å²) in [4.78, 5) is 17.3. The van der Waals surface area contributed by atoms with Crippen LogP contribution >= 0.6 is 0 Å². The lowest BCUT2D eigenvalue weighted by Crippen LogP contribution is -2.38. The minimum atomic E-state index is -1.36. The van der Waals surface area contributed by atoms with Crippen LogP contribution in [0.15, 0.2) is 18.2 Å². The van der Waals surface area contributed by atoms with Crippen LogP contribution < -0.4 is 0 Å². The molecule has 3 rings (SSSR count). The van der Waals surface area contributed by atoms with Crippen molar-refractivity contribution in [1.29, 1.82) is 0 Å². The molecule has 2 aliphatic heterocycles. The molecule has 0 bridgehead atoms. The highest BCUT2D eigenvalue weighted by Crippen LogP contribution is 2.21. The summed E-state index contributed by atoms with van der Waals surface area (Å²) >= 11 is 0. The van der Waals surface area contributed by atoms with Crippen molar-refractivity contribution in [3.05, 3.63) is 34.9 Å². The van der Waals surface area contributed by atoms with Gasteiger partial charge in [0.2, 0.25) is 0 Å². The van der Waals surface area contributed by atoms with Gasteiger partial charge in [-0.1, -0.05) is 12.1 Å². The van der Waals surface area contributed by atoms with Crippen LogP contribution in [0.4, 0.5) is 0 Å². The maximum atomic E-state index is 12.5. The lowest BCUT2D eigenvalue weighted by atomic mass is 9.93. The number of carbonyl (C=O) groups excluding carboxylic acids is 1. The first-order chi connectivity index (χ1) is 12.4. The van der Waals surface area contributed by atoms with E-state index in [1.54, 1.807) is 13.8 Å². The first-order valence-electron chi connectivity index (χ1n) is 9.42. The zero-order valence-corrected chi connectivity index (χ0v) is 15.9. The second-order valence-electron chi connectivity index (χ2n) is 7.65. The van der Waals surface area contributed by atoms with Gasteiger partial charge >= 0.3 is 0 Å². The van der Waals surface area contributed by atoms with Gasteiger partial charge in [0.05, 0.1) is 26.4 Å². The SMILES string of the molecule is CC(C)(O)C(=O)c1ccc(CN2CCOCC2)c(CN2CCOCC2)c1. The normalized spacial score (nSPS) is 20.3. The maximum Gasteiger partial charge on any atom is 0.193 e. The van der Waals surface area contributed by atoms with E-state index in [-0.39, 0.29) is 5.78 Å². The van der Waals surface area contributed by atoms with Crippen LogP contribution in [0, 0.1) is 0 Å². The summed E-state index contributed by atoms with van der Waals surface area (Å²) in [6.07, 6.45) is 0. The number of benzene rings is 1. The third-order valence-electron chi connectivity index (χ3n) is 5.02. The quantitative estimate of drug-likeness (QED) is 0.770. The van der Waals surface area contributed by atoms with Crippen molar-refractivity contribution in [3.8, 4) is 0 Å². The van der Waals surface area contributed by atoms with Crippen LogP contribution in [0.25, 0.3) is 0 Å². The molecule has 0 aromatic heterocycles. The topological polar surface area (TPSA) is 62.2 Å². The number of Topliss-reactive ketones (excluding diaryl/α,β-unsaturated/α-hetero) is 1.